The van der Waals surface area contributed by atoms with Crippen molar-refractivity contribution in [3.8, 4) is 0 Å². The standard InChI is InChI=1S/C11H17N3OS2/c1-7-6-17-11(13-7)16-5-4-9(10(12)15)14-8-2-3-8/h6,8-9,14H,2-5H2,1H3,(H2,12,15). The molecule has 1 fully saturated rings. The van der Waals surface area contributed by atoms with Crippen LogP contribution in [0.2, 0.25) is 0 Å². The van der Waals surface area contributed by atoms with Crippen molar-refractivity contribution in [1.29, 1.82) is 0 Å². The van der Waals surface area contributed by atoms with E-state index in [4.69, 9.17) is 5.73 Å². The van der Waals surface area contributed by atoms with Crippen LogP contribution in [0.25, 0.3) is 0 Å². The van der Waals surface area contributed by atoms with Crippen molar-refractivity contribution >= 4 is 29.0 Å². The summed E-state index contributed by atoms with van der Waals surface area (Å²) in [5.74, 6) is 0.633. The number of nitrogens with two attached hydrogens (primary N) is 1. The molecule has 1 aromatic heterocycles. The fraction of sp³-hybridized carbons (Fsp3) is 0.636. The Hall–Kier alpha value is -0.590. The largest absolute Gasteiger partial charge is 0.368 e. The monoisotopic (exact) mass is 271 g/mol. The first kappa shape index (κ1) is 12.9. The number of hydrogen-bond acceptors (Lipinski definition) is 5. The topological polar surface area (TPSA) is 68.0 Å². The molecule has 1 atom stereocenters. The Morgan fingerprint density at radius 2 is 2.53 bits per heavy atom. The molecule has 17 heavy (non-hydrogen) atoms. The molecule has 1 aliphatic carbocycles. The Labute approximate surface area is 109 Å². The molecule has 1 saturated carbocycles. The number of aromatic nitrogens is 1. The van der Waals surface area contributed by atoms with Crippen LogP contribution in [0.1, 0.15) is 25.0 Å². The fourth-order valence-corrected chi connectivity index (χ4v) is 3.43. The maximum Gasteiger partial charge on any atom is 0.234 e. The predicted octanol–water partition coefficient (Wildman–Crippen LogP) is 1.54. The number of nitrogens with one attached hydrogen (secondary N) is 1. The molecule has 1 unspecified atom stereocenters. The van der Waals surface area contributed by atoms with E-state index >= 15 is 0 Å². The van der Waals surface area contributed by atoms with Crippen LogP contribution in [0.3, 0.4) is 0 Å². The minimum absolute atomic E-state index is 0.184. The van der Waals surface area contributed by atoms with E-state index in [9.17, 15) is 4.79 Å². The number of amides is 1. The van der Waals surface area contributed by atoms with E-state index in [1.54, 1.807) is 23.1 Å². The number of hydrogen-bond donors (Lipinski definition) is 2. The number of carbonyl (C=O) groups excluding carboxylic acids is 1. The lowest BCUT2D eigenvalue weighted by atomic mass is 10.2. The van der Waals surface area contributed by atoms with Crippen molar-refractivity contribution in [1.82, 2.24) is 10.3 Å². The molecular formula is C11H17N3OS2. The Morgan fingerprint density at radius 3 is 3.06 bits per heavy atom. The Kier molecular flexibility index (Phi) is 4.42. The second-order valence-corrected chi connectivity index (χ2v) is 6.49. The molecule has 0 radical (unpaired) electrons. The third kappa shape index (κ3) is 4.29. The second-order valence-electron chi connectivity index (χ2n) is 4.29. The van der Waals surface area contributed by atoms with Gasteiger partial charge in [-0.1, -0.05) is 11.8 Å². The van der Waals surface area contributed by atoms with Gasteiger partial charge in [0.2, 0.25) is 5.91 Å². The highest BCUT2D eigenvalue weighted by Crippen LogP contribution is 2.24. The van der Waals surface area contributed by atoms with Crippen LogP contribution in [0.15, 0.2) is 9.72 Å². The van der Waals surface area contributed by atoms with Gasteiger partial charge in [-0.15, -0.1) is 11.3 Å². The predicted molar refractivity (Wildman–Crippen MR) is 71.3 cm³/mol. The zero-order valence-corrected chi connectivity index (χ0v) is 11.4. The summed E-state index contributed by atoms with van der Waals surface area (Å²) >= 11 is 3.35. The lowest BCUT2D eigenvalue weighted by Crippen LogP contribution is -2.42. The van der Waals surface area contributed by atoms with E-state index in [-0.39, 0.29) is 11.9 Å². The minimum atomic E-state index is -0.243. The number of thioether (sulfide) groups is 1. The Balaban J connectivity index is 1.72. The van der Waals surface area contributed by atoms with Gasteiger partial charge in [0.1, 0.15) is 4.34 Å². The smallest absolute Gasteiger partial charge is 0.234 e. The molecule has 6 heteroatoms. The molecule has 0 aliphatic heterocycles. The maximum atomic E-state index is 11.2. The summed E-state index contributed by atoms with van der Waals surface area (Å²) < 4.78 is 1.07. The van der Waals surface area contributed by atoms with Gasteiger partial charge >= 0.3 is 0 Å². The van der Waals surface area contributed by atoms with Gasteiger partial charge in [-0.2, -0.15) is 0 Å². The van der Waals surface area contributed by atoms with Crippen LogP contribution in [-0.4, -0.2) is 28.7 Å². The number of aryl methyl sites for hydroxylation is 1. The number of nitrogens with zero attached hydrogens (tertiary/aromatic N) is 1. The molecule has 1 aromatic rings. The van der Waals surface area contributed by atoms with Crippen LogP contribution >= 0.6 is 23.1 Å². The number of carbonyl (C=O) groups is 1. The van der Waals surface area contributed by atoms with Crippen molar-refractivity contribution in [2.75, 3.05) is 5.75 Å². The number of primary amides is 1. The van der Waals surface area contributed by atoms with Gasteiger partial charge in [0.05, 0.1) is 6.04 Å². The molecule has 3 N–H and O–H groups in total. The van der Waals surface area contributed by atoms with Crippen LogP contribution in [-0.2, 0) is 4.79 Å². The maximum absolute atomic E-state index is 11.2. The van der Waals surface area contributed by atoms with Crippen LogP contribution < -0.4 is 11.1 Å². The fourth-order valence-electron chi connectivity index (χ4n) is 1.51. The Morgan fingerprint density at radius 1 is 1.76 bits per heavy atom. The molecule has 94 valence electrons. The summed E-state index contributed by atoms with van der Waals surface area (Å²) in [6.07, 6.45) is 3.11. The summed E-state index contributed by atoms with van der Waals surface area (Å²) in [6.45, 7) is 1.99. The highest BCUT2D eigenvalue weighted by atomic mass is 32.2. The SMILES string of the molecule is Cc1csc(SCCC(NC2CC2)C(N)=O)n1. The molecule has 1 amide bonds. The zero-order valence-electron chi connectivity index (χ0n) is 9.81. The number of rotatable bonds is 7. The highest BCUT2D eigenvalue weighted by molar-refractivity contribution is 8.01. The molecule has 1 aliphatic rings. The molecule has 2 rings (SSSR count). The van der Waals surface area contributed by atoms with Gasteiger partial charge in [-0.25, -0.2) is 4.98 Å². The van der Waals surface area contributed by atoms with Crippen LogP contribution in [0, 0.1) is 6.92 Å². The van der Waals surface area contributed by atoms with E-state index < -0.39 is 0 Å². The normalized spacial score (nSPS) is 17.0. The lowest BCUT2D eigenvalue weighted by molar-refractivity contribution is -0.120. The number of thiazole rings is 1. The molecule has 0 saturated heterocycles. The second kappa shape index (κ2) is 5.84. The van der Waals surface area contributed by atoms with Gasteiger partial charge in [0.25, 0.3) is 0 Å². The van der Waals surface area contributed by atoms with Crippen LogP contribution in [0.4, 0.5) is 0 Å². The minimum Gasteiger partial charge on any atom is -0.368 e. The zero-order chi connectivity index (χ0) is 12.3. The van der Waals surface area contributed by atoms with Gasteiger partial charge in [0.15, 0.2) is 0 Å². The quantitative estimate of drug-likeness (QED) is 0.738. The lowest BCUT2D eigenvalue weighted by Gasteiger charge is -2.13. The molecule has 4 nitrogen and oxygen atoms in total. The highest BCUT2D eigenvalue weighted by Gasteiger charge is 2.26. The van der Waals surface area contributed by atoms with E-state index in [0.29, 0.717) is 6.04 Å². The van der Waals surface area contributed by atoms with Crippen molar-refractivity contribution in [2.24, 2.45) is 5.73 Å². The van der Waals surface area contributed by atoms with Crippen molar-refractivity contribution in [3.05, 3.63) is 11.1 Å². The summed E-state index contributed by atoms with van der Waals surface area (Å²) in [7, 11) is 0. The van der Waals surface area contributed by atoms with Crippen molar-refractivity contribution in [3.63, 3.8) is 0 Å². The van der Waals surface area contributed by atoms with Crippen molar-refractivity contribution in [2.45, 2.75) is 42.6 Å². The van der Waals surface area contributed by atoms with Gasteiger partial charge < -0.3 is 11.1 Å². The van der Waals surface area contributed by atoms with E-state index in [1.165, 1.54) is 12.8 Å². The average molecular weight is 271 g/mol. The molecule has 0 aromatic carbocycles. The molecular weight excluding hydrogens is 254 g/mol. The third-order valence-electron chi connectivity index (χ3n) is 2.59. The first-order valence-electron chi connectivity index (χ1n) is 5.75. The van der Waals surface area contributed by atoms with Gasteiger partial charge in [0, 0.05) is 22.9 Å². The summed E-state index contributed by atoms with van der Waals surface area (Å²) in [6, 6.07) is 0.329. The van der Waals surface area contributed by atoms with E-state index in [2.05, 4.69) is 10.3 Å². The van der Waals surface area contributed by atoms with Gasteiger partial charge in [-0.05, 0) is 26.2 Å². The Bertz CT molecular complexity index is 390. The van der Waals surface area contributed by atoms with E-state index in [1.807, 2.05) is 12.3 Å². The third-order valence-corrected chi connectivity index (χ3v) is 4.76. The summed E-state index contributed by atoms with van der Waals surface area (Å²) in [5, 5.41) is 5.32. The first-order valence-corrected chi connectivity index (χ1v) is 7.62. The summed E-state index contributed by atoms with van der Waals surface area (Å²) in [5.41, 5.74) is 6.43. The van der Waals surface area contributed by atoms with Gasteiger partial charge in [-0.3, -0.25) is 4.79 Å². The first-order chi connectivity index (χ1) is 8.15. The van der Waals surface area contributed by atoms with Crippen LogP contribution in [0.5, 0.6) is 0 Å². The van der Waals surface area contributed by atoms with Crippen molar-refractivity contribution < 1.29 is 4.79 Å². The molecule has 0 bridgehead atoms. The average Bonchev–Trinajstić information content (AvgIpc) is 3.00. The molecule has 0 spiro atoms. The molecule has 1 heterocycles. The summed E-state index contributed by atoms with van der Waals surface area (Å²) in [4.78, 5) is 15.6. The van der Waals surface area contributed by atoms with E-state index in [0.717, 1.165) is 22.2 Å².